The van der Waals surface area contributed by atoms with Gasteiger partial charge in [-0.2, -0.15) is 5.10 Å². The lowest BCUT2D eigenvalue weighted by molar-refractivity contribution is -0.136. The molecule has 2 aromatic heterocycles. The normalized spacial score (nSPS) is 25.0. The number of piperidine rings is 2. The highest BCUT2D eigenvalue weighted by atomic mass is 16.2. The molecule has 5 aliphatic rings. The second-order valence-electron chi connectivity index (χ2n) is 13.9. The number of aromatic nitrogens is 3. The van der Waals surface area contributed by atoms with E-state index in [0.29, 0.717) is 23.9 Å². The van der Waals surface area contributed by atoms with Crippen LogP contribution in [0.5, 0.6) is 0 Å². The van der Waals surface area contributed by atoms with Gasteiger partial charge < -0.3 is 15.5 Å². The van der Waals surface area contributed by atoms with Crippen LogP contribution in [-0.2, 0) is 9.59 Å². The number of hydrogen-bond acceptors (Lipinski definition) is 9. The molecule has 5 heterocycles. The number of anilines is 2. The molecule has 12 nitrogen and oxygen atoms in total. The van der Waals surface area contributed by atoms with E-state index < -0.39 is 23.8 Å². The summed E-state index contributed by atoms with van der Waals surface area (Å²) in [6.45, 7) is 2.94. The highest BCUT2D eigenvalue weighted by molar-refractivity contribution is 6.23. The topological polar surface area (TPSA) is 142 Å². The molecule has 1 aromatic carbocycles. The summed E-state index contributed by atoms with van der Waals surface area (Å²) in [4.78, 5) is 58.4. The molecule has 8 rings (SSSR count). The van der Waals surface area contributed by atoms with Gasteiger partial charge in [0.1, 0.15) is 6.04 Å². The number of imide groups is 2. The van der Waals surface area contributed by atoms with E-state index in [4.69, 9.17) is 10.1 Å². The molecule has 47 heavy (non-hydrogen) atoms. The number of nitrogens with one attached hydrogen (secondary N) is 3. The van der Waals surface area contributed by atoms with Gasteiger partial charge in [-0.1, -0.05) is 0 Å². The Balaban J connectivity index is 0.909. The summed E-state index contributed by atoms with van der Waals surface area (Å²) in [6, 6.07) is 9.11. The minimum Gasteiger partial charge on any atom is -0.385 e. The molecular weight excluding hydrogens is 596 g/mol. The van der Waals surface area contributed by atoms with Crippen molar-refractivity contribution in [2.24, 2.45) is 5.92 Å². The summed E-state index contributed by atoms with van der Waals surface area (Å²) in [6.07, 6.45) is 10.9. The van der Waals surface area contributed by atoms with Gasteiger partial charge in [0, 0.05) is 48.6 Å². The molecule has 0 spiro atoms. The van der Waals surface area contributed by atoms with Gasteiger partial charge in [-0.05, 0) is 101 Å². The molecule has 0 radical (unpaired) electrons. The lowest BCUT2D eigenvalue weighted by Crippen LogP contribution is -2.54. The van der Waals surface area contributed by atoms with Crippen LogP contribution < -0.4 is 16.0 Å². The Morgan fingerprint density at radius 3 is 2.49 bits per heavy atom. The second-order valence-corrected chi connectivity index (χ2v) is 13.9. The Bertz CT molecular complexity index is 1750. The zero-order valence-corrected chi connectivity index (χ0v) is 26.6. The van der Waals surface area contributed by atoms with Crippen LogP contribution in [0.25, 0.3) is 11.3 Å². The first-order chi connectivity index (χ1) is 22.8. The third-order valence-electron chi connectivity index (χ3n) is 10.5. The SMILES string of the molecule is CN1CCC(Nc2cccnc2-c2cn(C3CC(CNc4ccc5c(c4)C(=O)N(C4CCC(=O)NC4=O)C5=O)C3)nc2C2CC2)CC1. The summed E-state index contributed by atoms with van der Waals surface area (Å²) >= 11 is 0. The molecule has 244 valence electrons. The predicted molar refractivity (Wildman–Crippen MR) is 175 cm³/mol. The van der Waals surface area contributed by atoms with Gasteiger partial charge in [0.05, 0.1) is 34.2 Å². The number of amides is 4. The molecule has 0 bridgehead atoms. The Hall–Kier alpha value is -4.58. The van der Waals surface area contributed by atoms with Crippen LogP contribution in [-0.4, -0.2) is 87.0 Å². The van der Waals surface area contributed by atoms with Gasteiger partial charge in [0.25, 0.3) is 11.8 Å². The molecule has 2 saturated carbocycles. The second kappa shape index (κ2) is 11.9. The zero-order valence-electron chi connectivity index (χ0n) is 26.6. The number of likely N-dealkylation sites (tertiary alicyclic amines) is 1. The van der Waals surface area contributed by atoms with Gasteiger partial charge >= 0.3 is 0 Å². The van der Waals surface area contributed by atoms with Crippen LogP contribution in [0.1, 0.15) is 89.7 Å². The van der Waals surface area contributed by atoms with E-state index in [1.807, 2.05) is 12.3 Å². The highest BCUT2D eigenvalue weighted by Gasteiger charge is 2.45. The maximum Gasteiger partial charge on any atom is 0.262 e. The molecule has 3 aliphatic heterocycles. The summed E-state index contributed by atoms with van der Waals surface area (Å²) in [5.41, 5.74) is 5.73. The minimum absolute atomic E-state index is 0.0979. The summed E-state index contributed by atoms with van der Waals surface area (Å²) in [5.74, 6) is -1.03. The third kappa shape index (κ3) is 5.68. The van der Waals surface area contributed by atoms with Crippen LogP contribution in [0.4, 0.5) is 11.4 Å². The van der Waals surface area contributed by atoms with Crippen molar-refractivity contribution in [2.45, 2.75) is 75.4 Å². The van der Waals surface area contributed by atoms with E-state index in [9.17, 15) is 19.2 Å². The van der Waals surface area contributed by atoms with Crippen LogP contribution in [0.15, 0.2) is 42.7 Å². The molecule has 1 unspecified atom stereocenters. The van der Waals surface area contributed by atoms with E-state index in [0.717, 1.165) is 72.8 Å². The van der Waals surface area contributed by atoms with Gasteiger partial charge in [0.15, 0.2) is 0 Å². The predicted octanol–water partition coefficient (Wildman–Crippen LogP) is 3.79. The first kappa shape index (κ1) is 29.8. The number of hydrogen-bond donors (Lipinski definition) is 3. The van der Waals surface area contributed by atoms with Crippen LogP contribution in [0, 0.1) is 5.92 Å². The quantitative estimate of drug-likeness (QED) is 0.299. The largest absolute Gasteiger partial charge is 0.385 e. The third-order valence-corrected chi connectivity index (χ3v) is 10.5. The van der Waals surface area contributed by atoms with E-state index in [1.54, 1.807) is 18.2 Å². The zero-order chi connectivity index (χ0) is 32.2. The number of pyridine rings is 1. The fourth-order valence-electron chi connectivity index (χ4n) is 7.47. The molecule has 1 atom stereocenters. The number of benzene rings is 1. The van der Waals surface area contributed by atoms with Crippen molar-refractivity contribution >= 4 is 35.0 Å². The standard InChI is InChI=1S/C35H40N8O4/c1-41-13-10-22(11-14-41)38-28-3-2-12-36-32(28)27-19-42(40-31(27)21-4-5-21)24-15-20(16-24)18-37-23-6-7-25-26(17-23)35(47)43(34(25)46)29-8-9-30(44)39-33(29)45/h2-3,6-7,12,17,19-22,24,29,37-38H,4-5,8-11,13-16,18H2,1H3,(H,39,44,45). The average molecular weight is 637 g/mol. The Kier molecular flexibility index (Phi) is 7.54. The van der Waals surface area contributed by atoms with Gasteiger partial charge in [0.2, 0.25) is 11.8 Å². The fraction of sp³-hybridized carbons (Fsp3) is 0.486. The Morgan fingerprint density at radius 1 is 0.936 bits per heavy atom. The minimum atomic E-state index is -0.966. The van der Waals surface area contributed by atoms with Gasteiger partial charge in [-0.25, -0.2) is 0 Å². The van der Waals surface area contributed by atoms with Crippen molar-refractivity contribution in [3.8, 4) is 11.3 Å². The fourth-order valence-corrected chi connectivity index (χ4v) is 7.47. The maximum atomic E-state index is 13.2. The molecule has 12 heteroatoms. The van der Waals surface area contributed by atoms with Gasteiger partial charge in [-0.3, -0.25) is 39.1 Å². The number of fused-ring (bicyclic) bond motifs is 1. The number of carbonyl (C=O) groups is 4. The van der Waals surface area contributed by atoms with E-state index in [1.165, 1.54) is 18.5 Å². The number of rotatable bonds is 9. The average Bonchev–Trinajstić information content (AvgIpc) is 3.76. The molecule has 4 fully saturated rings. The molecule has 4 amide bonds. The van der Waals surface area contributed by atoms with Crippen molar-refractivity contribution in [3.05, 3.63) is 59.5 Å². The van der Waals surface area contributed by atoms with Crippen LogP contribution >= 0.6 is 0 Å². The molecule has 2 saturated heterocycles. The first-order valence-corrected chi connectivity index (χ1v) is 16.9. The van der Waals surface area contributed by atoms with Crippen LogP contribution in [0.2, 0.25) is 0 Å². The maximum absolute atomic E-state index is 13.2. The number of nitrogens with zero attached hydrogens (tertiary/aromatic N) is 5. The van der Waals surface area contributed by atoms with Crippen molar-refractivity contribution < 1.29 is 19.2 Å². The molecule has 2 aliphatic carbocycles. The van der Waals surface area contributed by atoms with Gasteiger partial charge in [-0.15, -0.1) is 0 Å². The van der Waals surface area contributed by atoms with E-state index >= 15 is 0 Å². The lowest BCUT2D eigenvalue weighted by atomic mass is 9.80. The van der Waals surface area contributed by atoms with Crippen molar-refractivity contribution in [2.75, 3.05) is 37.3 Å². The Morgan fingerprint density at radius 2 is 1.72 bits per heavy atom. The van der Waals surface area contributed by atoms with Crippen LogP contribution in [0.3, 0.4) is 0 Å². The van der Waals surface area contributed by atoms with E-state index in [-0.39, 0.29) is 29.9 Å². The van der Waals surface area contributed by atoms with E-state index in [2.05, 4.69) is 44.8 Å². The van der Waals surface area contributed by atoms with Crippen molar-refractivity contribution in [1.82, 2.24) is 29.9 Å². The molecule has 3 N–H and O–H groups in total. The van der Waals surface area contributed by atoms with Crippen molar-refractivity contribution in [3.63, 3.8) is 0 Å². The smallest absolute Gasteiger partial charge is 0.262 e. The van der Waals surface area contributed by atoms with Crippen molar-refractivity contribution in [1.29, 1.82) is 0 Å². The lowest BCUT2D eigenvalue weighted by Gasteiger charge is -2.35. The molecule has 3 aromatic rings. The number of carbonyl (C=O) groups excluding carboxylic acids is 4. The highest BCUT2D eigenvalue weighted by Crippen LogP contribution is 2.46. The Labute approximate surface area is 273 Å². The molecular formula is C35H40N8O4. The summed E-state index contributed by atoms with van der Waals surface area (Å²) in [5, 5.41) is 14.6. The summed E-state index contributed by atoms with van der Waals surface area (Å²) in [7, 11) is 2.18. The first-order valence-electron chi connectivity index (χ1n) is 16.9. The summed E-state index contributed by atoms with van der Waals surface area (Å²) < 4.78 is 2.16. The monoisotopic (exact) mass is 636 g/mol.